The highest BCUT2D eigenvalue weighted by Gasteiger charge is 2.40. The summed E-state index contributed by atoms with van der Waals surface area (Å²) in [5.41, 5.74) is -0.556. The van der Waals surface area contributed by atoms with Gasteiger partial charge in [0.1, 0.15) is 5.76 Å². The molecule has 1 saturated carbocycles. The van der Waals surface area contributed by atoms with Crippen LogP contribution in [-0.4, -0.2) is 29.6 Å². The zero-order valence-corrected chi connectivity index (χ0v) is 10.9. The molecule has 0 atom stereocenters. The summed E-state index contributed by atoms with van der Waals surface area (Å²) in [4.78, 5) is 13.6. The molecule has 1 heterocycles. The maximum atomic E-state index is 11.6. The average Bonchev–Trinajstić information content (AvgIpc) is 2.82. The highest BCUT2D eigenvalue weighted by atomic mass is 16.4. The van der Waals surface area contributed by atoms with E-state index in [1.807, 2.05) is 19.2 Å². The van der Waals surface area contributed by atoms with Crippen LogP contribution in [0.5, 0.6) is 0 Å². The molecule has 100 valence electrons. The van der Waals surface area contributed by atoms with Gasteiger partial charge in [-0.1, -0.05) is 19.3 Å². The average molecular weight is 251 g/mol. The zero-order chi connectivity index (χ0) is 13.0. The topological polar surface area (TPSA) is 53.7 Å². The summed E-state index contributed by atoms with van der Waals surface area (Å²) < 4.78 is 5.30. The van der Waals surface area contributed by atoms with Crippen LogP contribution < -0.4 is 0 Å². The van der Waals surface area contributed by atoms with Crippen molar-refractivity contribution >= 4 is 5.97 Å². The number of nitrogens with zero attached hydrogens (tertiary/aromatic N) is 1. The van der Waals surface area contributed by atoms with Crippen molar-refractivity contribution in [1.29, 1.82) is 0 Å². The largest absolute Gasteiger partial charge is 0.481 e. The molecule has 0 aliphatic heterocycles. The Bertz CT molecular complexity index is 380. The summed E-state index contributed by atoms with van der Waals surface area (Å²) in [5, 5.41) is 9.51. The van der Waals surface area contributed by atoms with E-state index in [1.165, 1.54) is 0 Å². The Morgan fingerprint density at radius 3 is 2.72 bits per heavy atom. The van der Waals surface area contributed by atoms with Gasteiger partial charge in [0.15, 0.2) is 0 Å². The fraction of sp³-hybridized carbons (Fsp3) is 0.643. The molecule has 1 N–H and O–H groups in total. The summed E-state index contributed by atoms with van der Waals surface area (Å²) in [6.07, 6.45) is 6.46. The van der Waals surface area contributed by atoms with Crippen LogP contribution in [0.1, 0.15) is 37.9 Å². The molecule has 1 aromatic rings. The van der Waals surface area contributed by atoms with Gasteiger partial charge in [0, 0.05) is 6.54 Å². The fourth-order valence-corrected chi connectivity index (χ4v) is 2.91. The molecule has 18 heavy (non-hydrogen) atoms. The fourth-order valence-electron chi connectivity index (χ4n) is 2.91. The summed E-state index contributed by atoms with van der Waals surface area (Å²) in [6, 6.07) is 3.78. The van der Waals surface area contributed by atoms with Crippen molar-refractivity contribution in [2.75, 3.05) is 13.6 Å². The van der Waals surface area contributed by atoms with Crippen molar-refractivity contribution in [3.05, 3.63) is 24.2 Å². The molecule has 0 radical (unpaired) electrons. The molecular formula is C14H21NO3. The van der Waals surface area contributed by atoms with E-state index < -0.39 is 11.4 Å². The van der Waals surface area contributed by atoms with Gasteiger partial charge in [-0.2, -0.15) is 0 Å². The Labute approximate surface area is 108 Å². The monoisotopic (exact) mass is 251 g/mol. The van der Waals surface area contributed by atoms with Crippen LogP contribution >= 0.6 is 0 Å². The first-order valence-corrected chi connectivity index (χ1v) is 6.57. The molecule has 0 spiro atoms. The predicted molar refractivity (Wildman–Crippen MR) is 68.2 cm³/mol. The second-order valence-electron chi connectivity index (χ2n) is 5.40. The number of carbonyl (C=O) groups is 1. The third-order valence-electron chi connectivity index (χ3n) is 3.84. The number of furan rings is 1. The van der Waals surface area contributed by atoms with E-state index in [0.717, 1.165) is 37.9 Å². The lowest BCUT2D eigenvalue weighted by Gasteiger charge is -2.36. The van der Waals surface area contributed by atoms with Crippen molar-refractivity contribution in [3.63, 3.8) is 0 Å². The van der Waals surface area contributed by atoms with Gasteiger partial charge in [-0.25, -0.2) is 0 Å². The quantitative estimate of drug-likeness (QED) is 0.874. The summed E-state index contributed by atoms with van der Waals surface area (Å²) in [7, 11) is 1.96. The van der Waals surface area contributed by atoms with Crippen LogP contribution in [0.2, 0.25) is 0 Å². The lowest BCUT2D eigenvalue weighted by Crippen LogP contribution is -2.43. The van der Waals surface area contributed by atoms with E-state index in [-0.39, 0.29) is 0 Å². The van der Waals surface area contributed by atoms with Gasteiger partial charge in [0.25, 0.3) is 0 Å². The maximum Gasteiger partial charge on any atom is 0.310 e. The molecule has 1 aromatic heterocycles. The van der Waals surface area contributed by atoms with E-state index >= 15 is 0 Å². The molecule has 0 saturated heterocycles. The predicted octanol–water partition coefficient (Wildman–Crippen LogP) is 2.75. The number of carboxylic acid groups (broad SMARTS) is 1. The summed E-state index contributed by atoms with van der Waals surface area (Å²) >= 11 is 0. The van der Waals surface area contributed by atoms with Crippen LogP contribution in [-0.2, 0) is 11.3 Å². The molecule has 0 bridgehead atoms. The van der Waals surface area contributed by atoms with Gasteiger partial charge < -0.3 is 9.52 Å². The van der Waals surface area contributed by atoms with Crippen LogP contribution in [0.4, 0.5) is 0 Å². The second kappa shape index (κ2) is 5.57. The van der Waals surface area contributed by atoms with E-state index in [1.54, 1.807) is 6.26 Å². The van der Waals surface area contributed by atoms with Crippen molar-refractivity contribution in [1.82, 2.24) is 4.90 Å². The zero-order valence-electron chi connectivity index (χ0n) is 10.9. The molecule has 1 aliphatic rings. The van der Waals surface area contributed by atoms with Crippen molar-refractivity contribution < 1.29 is 14.3 Å². The number of rotatable bonds is 5. The smallest absolute Gasteiger partial charge is 0.310 e. The SMILES string of the molecule is CN(Cc1ccco1)CC1(C(=O)O)CCCCC1. The van der Waals surface area contributed by atoms with E-state index in [2.05, 4.69) is 4.90 Å². The molecule has 4 heteroatoms. The summed E-state index contributed by atoms with van der Waals surface area (Å²) in [6.45, 7) is 1.27. The standard InChI is InChI=1S/C14H21NO3/c1-15(10-12-6-5-9-18-12)11-14(13(16)17)7-3-2-4-8-14/h5-6,9H,2-4,7-8,10-11H2,1H3,(H,16,17). The number of hydrogen-bond donors (Lipinski definition) is 1. The molecule has 0 aromatic carbocycles. The van der Waals surface area contributed by atoms with E-state index in [9.17, 15) is 9.90 Å². The molecule has 0 unspecified atom stereocenters. The van der Waals surface area contributed by atoms with E-state index in [4.69, 9.17) is 4.42 Å². The first-order valence-electron chi connectivity index (χ1n) is 6.57. The van der Waals surface area contributed by atoms with E-state index in [0.29, 0.717) is 13.1 Å². The third kappa shape index (κ3) is 2.93. The first kappa shape index (κ1) is 13.1. The minimum atomic E-state index is -0.645. The first-order chi connectivity index (χ1) is 8.62. The minimum Gasteiger partial charge on any atom is -0.481 e. The maximum absolute atomic E-state index is 11.6. The van der Waals surface area contributed by atoms with Crippen LogP contribution in [0.3, 0.4) is 0 Å². The van der Waals surface area contributed by atoms with Crippen molar-refractivity contribution in [2.45, 2.75) is 38.6 Å². The Kier molecular flexibility index (Phi) is 4.07. The van der Waals surface area contributed by atoms with Crippen LogP contribution in [0, 0.1) is 5.41 Å². The second-order valence-corrected chi connectivity index (χ2v) is 5.40. The highest BCUT2D eigenvalue weighted by molar-refractivity contribution is 5.75. The molecule has 2 rings (SSSR count). The number of aliphatic carboxylic acids is 1. The number of hydrogen-bond acceptors (Lipinski definition) is 3. The van der Waals surface area contributed by atoms with Gasteiger partial charge in [0.05, 0.1) is 18.2 Å². The summed E-state index contributed by atoms with van der Waals surface area (Å²) in [5.74, 6) is 0.238. The normalized spacial score (nSPS) is 19.0. The van der Waals surface area contributed by atoms with Crippen molar-refractivity contribution in [2.24, 2.45) is 5.41 Å². The van der Waals surface area contributed by atoms with Crippen molar-refractivity contribution in [3.8, 4) is 0 Å². The van der Waals surface area contributed by atoms with Gasteiger partial charge in [-0.05, 0) is 32.0 Å². The molecule has 1 fully saturated rings. The Hall–Kier alpha value is -1.29. The van der Waals surface area contributed by atoms with Gasteiger partial charge in [-0.3, -0.25) is 9.69 Å². The van der Waals surface area contributed by atoms with Gasteiger partial charge in [-0.15, -0.1) is 0 Å². The van der Waals surface area contributed by atoms with Gasteiger partial charge in [0.2, 0.25) is 0 Å². The Morgan fingerprint density at radius 1 is 1.44 bits per heavy atom. The third-order valence-corrected chi connectivity index (χ3v) is 3.84. The highest BCUT2D eigenvalue weighted by Crippen LogP contribution is 2.37. The molecule has 1 aliphatic carbocycles. The van der Waals surface area contributed by atoms with Gasteiger partial charge >= 0.3 is 5.97 Å². The lowest BCUT2D eigenvalue weighted by molar-refractivity contribution is -0.152. The Balaban J connectivity index is 1.98. The van der Waals surface area contributed by atoms with Crippen LogP contribution in [0.15, 0.2) is 22.8 Å². The molecular weight excluding hydrogens is 230 g/mol. The number of carboxylic acids is 1. The van der Waals surface area contributed by atoms with Crippen LogP contribution in [0.25, 0.3) is 0 Å². The molecule has 4 nitrogen and oxygen atoms in total. The lowest BCUT2D eigenvalue weighted by atomic mass is 9.73. The Morgan fingerprint density at radius 2 is 2.17 bits per heavy atom. The minimum absolute atomic E-state index is 0.556. The molecule has 0 amide bonds.